The van der Waals surface area contributed by atoms with E-state index in [1.54, 1.807) is 0 Å². The predicted octanol–water partition coefficient (Wildman–Crippen LogP) is 3.36. The van der Waals surface area contributed by atoms with Gasteiger partial charge in [0.1, 0.15) is 0 Å². The van der Waals surface area contributed by atoms with Gasteiger partial charge in [0.05, 0.1) is 0 Å². The minimum atomic E-state index is -0.0122. The first-order valence-corrected chi connectivity index (χ1v) is 7.74. The summed E-state index contributed by atoms with van der Waals surface area (Å²) in [5, 5.41) is 2.85. The molecule has 4 nitrogen and oxygen atoms in total. The van der Waals surface area contributed by atoms with Crippen molar-refractivity contribution in [2.75, 3.05) is 11.9 Å². The number of aryl methyl sites for hydroxylation is 1. The fourth-order valence-electron chi connectivity index (χ4n) is 2.74. The number of carbonyl (C=O) groups excluding carboxylic acids is 2. The molecule has 1 saturated heterocycles. The van der Waals surface area contributed by atoms with Crippen molar-refractivity contribution >= 4 is 17.5 Å². The number of hydrogen-bond donors (Lipinski definition) is 1. The Kier molecular flexibility index (Phi) is 4.99. The molecular weight excluding hydrogens is 264 g/mol. The van der Waals surface area contributed by atoms with Crippen molar-refractivity contribution in [3.63, 3.8) is 0 Å². The number of piperidine rings is 1. The summed E-state index contributed by atoms with van der Waals surface area (Å²) in [6, 6.07) is 5.81. The molecule has 0 aromatic heterocycles. The molecule has 4 heteroatoms. The van der Waals surface area contributed by atoms with E-state index in [4.69, 9.17) is 0 Å². The van der Waals surface area contributed by atoms with E-state index in [1.165, 1.54) is 6.42 Å². The Labute approximate surface area is 126 Å². The van der Waals surface area contributed by atoms with Crippen LogP contribution in [0, 0.1) is 6.92 Å². The standard InChI is InChI=1S/C17H24N2O2/c1-4-16(20)18-15-9-8-14(11-12(15)2)17(21)19-10-6-5-7-13(19)3/h8-9,11,13H,4-7,10H2,1-3H3,(H,18,20). The van der Waals surface area contributed by atoms with Crippen LogP contribution in [0.15, 0.2) is 18.2 Å². The van der Waals surface area contributed by atoms with Gasteiger partial charge >= 0.3 is 0 Å². The first-order chi connectivity index (χ1) is 10.0. The van der Waals surface area contributed by atoms with Gasteiger partial charge < -0.3 is 10.2 Å². The number of benzene rings is 1. The zero-order valence-electron chi connectivity index (χ0n) is 13.1. The van der Waals surface area contributed by atoms with Gasteiger partial charge in [-0.1, -0.05) is 6.92 Å². The largest absolute Gasteiger partial charge is 0.336 e. The number of hydrogen-bond acceptors (Lipinski definition) is 2. The molecule has 1 aromatic carbocycles. The van der Waals surface area contributed by atoms with Crippen LogP contribution in [0.5, 0.6) is 0 Å². The lowest BCUT2D eigenvalue weighted by atomic mass is 10.0. The van der Waals surface area contributed by atoms with Crippen LogP contribution in [0.3, 0.4) is 0 Å². The van der Waals surface area contributed by atoms with E-state index in [1.807, 2.05) is 36.9 Å². The van der Waals surface area contributed by atoms with Crippen molar-refractivity contribution in [3.8, 4) is 0 Å². The Morgan fingerprint density at radius 1 is 1.33 bits per heavy atom. The molecule has 1 aromatic rings. The summed E-state index contributed by atoms with van der Waals surface area (Å²) >= 11 is 0. The average Bonchev–Trinajstić information content (AvgIpc) is 2.49. The number of nitrogens with zero attached hydrogens (tertiary/aromatic N) is 1. The second-order valence-corrected chi connectivity index (χ2v) is 5.77. The lowest BCUT2D eigenvalue weighted by molar-refractivity contribution is -0.115. The lowest BCUT2D eigenvalue weighted by Crippen LogP contribution is -2.42. The highest BCUT2D eigenvalue weighted by Crippen LogP contribution is 2.22. The zero-order chi connectivity index (χ0) is 15.4. The molecule has 1 unspecified atom stereocenters. The number of rotatable bonds is 3. The second-order valence-electron chi connectivity index (χ2n) is 5.77. The van der Waals surface area contributed by atoms with Crippen molar-refractivity contribution in [2.24, 2.45) is 0 Å². The van der Waals surface area contributed by atoms with Crippen LogP contribution < -0.4 is 5.32 Å². The SMILES string of the molecule is CCC(=O)Nc1ccc(C(=O)N2CCCCC2C)cc1C. The van der Waals surface area contributed by atoms with E-state index in [-0.39, 0.29) is 11.8 Å². The first-order valence-electron chi connectivity index (χ1n) is 7.74. The number of amides is 2. The summed E-state index contributed by atoms with van der Waals surface area (Å²) in [6.45, 7) is 6.69. The molecule has 0 saturated carbocycles. The molecule has 2 rings (SSSR count). The number of nitrogens with one attached hydrogen (secondary N) is 1. The fraction of sp³-hybridized carbons (Fsp3) is 0.529. The van der Waals surface area contributed by atoms with E-state index in [0.717, 1.165) is 30.6 Å². The summed E-state index contributed by atoms with van der Waals surface area (Å²) in [4.78, 5) is 26.0. The molecule has 114 valence electrons. The van der Waals surface area contributed by atoms with Crippen molar-refractivity contribution in [3.05, 3.63) is 29.3 Å². The van der Waals surface area contributed by atoms with E-state index in [9.17, 15) is 9.59 Å². The van der Waals surface area contributed by atoms with Gasteiger partial charge in [0.2, 0.25) is 5.91 Å². The van der Waals surface area contributed by atoms with Crippen molar-refractivity contribution in [1.29, 1.82) is 0 Å². The monoisotopic (exact) mass is 288 g/mol. The van der Waals surface area contributed by atoms with Crippen LogP contribution in [0.2, 0.25) is 0 Å². The van der Waals surface area contributed by atoms with Gasteiger partial charge in [-0.15, -0.1) is 0 Å². The van der Waals surface area contributed by atoms with Crippen molar-refractivity contribution in [1.82, 2.24) is 4.90 Å². The van der Waals surface area contributed by atoms with Crippen LogP contribution in [-0.2, 0) is 4.79 Å². The minimum absolute atomic E-state index is 0.0122. The normalized spacial score (nSPS) is 18.4. The highest BCUT2D eigenvalue weighted by Gasteiger charge is 2.24. The molecule has 0 spiro atoms. The molecular formula is C17H24N2O2. The lowest BCUT2D eigenvalue weighted by Gasteiger charge is -2.33. The number of likely N-dealkylation sites (tertiary alicyclic amines) is 1. The van der Waals surface area contributed by atoms with Gasteiger partial charge in [0, 0.05) is 30.3 Å². The highest BCUT2D eigenvalue weighted by molar-refractivity contribution is 5.96. The molecule has 0 bridgehead atoms. The van der Waals surface area contributed by atoms with Gasteiger partial charge in [0.15, 0.2) is 0 Å². The van der Waals surface area contributed by atoms with Gasteiger partial charge in [0.25, 0.3) is 5.91 Å². The van der Waals surface area contributed by atoms with Crippen LogP contribution in [0.25, 0.3) is 0 Å². The molecule has 1 fully saturated rings. The Morgan fingerprint density at radius 2 is 2.10 bits per heavy atom. The maximum absolute atomic E-state index is 12.6. The number of carbonyl (C=O) groups is 2. The quantitative estimate of drug-likeness (QED) is 0.927. The molecule has 1 aliphatic heterocycles. The molecule has 0 aliphatic carbocycles. The molecule has 2 amide bonds. The molecule has 1 aliphatic rings. The van der Waals surface area contributed by atoms with E-state index in [2.05, 4.69) is 12.2 Å². The third-order valence-corrected chi connectivity index (χ3v) is 4.13. The summed E-state index contributed by atoms with van der Waals surface area (Å²) < 4.78 is 0. The maximum atomic E-state index is 12.6. The van der Waals surface area contributed by atoms with Crippen LogP contribution in [0.1, 0.15) is 55.5 Å². The predicted molar refractivity (Wildman–Crippen MR) is 84.4 cm³/mol. The summed E-state index contributed by atoms with van der Waals surface area (Å²) in [6.07, 6.45) is 3.81. The zero-order valence-corrected chi connectivity index (χ0v) is 13.1. The smallest absolute Gasteiger partial charge is 0.254 e. The molecule has 1 heterocycles. The molecule has 1 atom stereocenters. The van der Waals surface area contributed by atoms with Gasteiger partial charge in [-0.3, -0.25) is 9.59 Å². The number of anilines is 1. The van der Waals surface area contributed by atoms with Gasteiger partial charge in [-0.2, -0.15) is 0 Å². The first kappa shape index (κ1) is 15.5. The second kappa shape index (κ2) is 6.74. The third kappa shape index (κ3) is 3.63. The van der Waals surface area contributed by atoms with Gasteiger partial charge in [-0.25, -0.2) is 0 Å². The van der Waals surface area contributed by atoms with E-state index >= 15 is 0 Å². The van der Waals surface area contributed by atoms with Gasteiger partial charge in [-0.05, 0) is 56.9 Å². The van der Waals surface area contributed by atoms with Crippen LogP contribution in [0.4, 0.5) is 5.69 Å². The maximum Gasteiger partial charge on any atom is 0.254 e. The summed E-state index contributed by atoms with van der Waals surface area (Å²) in [7, 11) is 0. The molecule has 0 radical (unpaired) electrons. The van der Waals surface area contributed by atoms with E-state index < -0.39 is 0 Å². The molecule has 21 heavy (non-hydrogen) atoms. The van der Waals surface area contributed by atoms with Crippen LogP contribution in [-0.4, -0.2) is 29.3 Å². The van der Waals surface area contributed by atoms with Crippen LogP contribution >= 0.6 is 0 Å². The summed E-state index contributed by atoms with van der Waals surface area (Å²) in [5.41, 5.74) is 2.41. The average molecular weight is 288 g/mol. The topological polar surface area (TPSA) is 49.4 Å². The van der Waals surface area contributed by atoms with Crippen molar-refractivity contribution < 1.29 is 9.59 Å². The highest BCUT2D eigenvalue weighted by atomic mass is 16.2. The van der Waals surface area contributed by atoms with E-state index in [0.29, 0.717) is 18.0 Å². The van der Waals surface area contributed by atoms with Crippen molar-refractivity contribution in [2.45, 2.75) is 52.5 Å². The minimum Gasteiger partial charge on any atom is -0.336 e. The Morgan fingerprint density at radius 3 is 2.71 bits per heavy atom. The third-order valence-electron chi connectivity index (χ3n) is 4.13. The molecule has 1 N–H and O–H groups in total. The Bertz CT molecular complexity index is 540. The fourth-order valence-corrected chi connectivity index (χ4v) is 2.74. The Hall–Kier alpha value is -1.84. The Balaban J connectivity index is 2.15. The summed E-state index contributed by atoms with van der Waals surface area (Å²) in [5.74, 6) is 0.0838.